The van der Waals surface area contributed by atoms with Gasteiger partial charge >= 0.3 is 0 Å². The molecule has 128 valence electrons. The molecule has 0 bridgehead atoms. The molecule has 0 heterocycles. The standard InChI is InChI=1S/C18H28FN3O/c1-13(12-21-16-9-7-15(19)8-10-16)22-18(23)17(20)11-14-5-3-2-4-6-14/h7-10,13-14,17,21H,2-6,11-12,20H2,1H3,(H,22,23)/t13-,17-/m0/s1. The van der Waals surface area contributed by atoms with Crippen LogP contribution in [0.2, 0.25) is 0 Å². The smallest absolute Gasteiger partial charge is 0.237 e. The van der Waals surface area contributed by atoms with Crippen molar-refractivity contribution >= 4 is 11.6 Å². The van der Waals surface area contributed by atoms with E-state index in [2.05, 4.69) is 10.6 Å². The number of rotatable bonds is 7. The summed E-state index contributed by atoms with van der Waals surface area (Å²) in [6.45, 7) is 2.51. The summed E-state index contributed by atoms with van der Waals surface area (Å²) in [4.78, 5) is 12.2. The topological polar surface area (TPSA) is 67.1 Å². The van der Waals surface area contributed by atoms with E-state index < -0.39 is 6.04 Å². The van der Waals surface area contributed by atoms with E-state index in [4.69, 9.17) is 5.73 Å². The van der Waals surface area contributed by atoms with Gasteiger partial charge in [-0.2, -0.15) is 0 Å². The molecule has 23 heavy (non-hydrogen) atoms. The van der Waals surface area contributed by atoms with E-state index >= 15 is 0 Å². The molecule has 1 saturated carbocycles. The van der Waals surface area contributed by atoms with Gasteiger partial charge in [0.25, 0.3) is 0 Å². The van der Waals surface area contributed by atoms with Crippen molar-refractivity contribution in [3.8, 4) is 0 Å². The maximum Gasteiger partial charge on any atom is 0.237 e. The first-order valence-corrected chi connectivity index (χ1v) is 8.60. The number of nitrogens with two attached hydrogens (primary N) is 1. The molecule has 0 unspecified atom stereocenters. The molecule has 5 heteroatoms. The van der Waals surface area contributed by atoms with Crippen molar-refractivity contribution in [2.75, 3.05) is 11.9 Å². The summed E-state index contributed by atoms with van der Waals surface area (Å²) in [6.07, 6.45) is 7.01. The number of halogens is 1. The predicted octanol–water partition coefficient (Wildman–Crippen LogP) is 3.04. The first-order chi connectivity index (χ1) is 11.0. The van der Waals surface area contributed by atoms with Crippen molar-refractivity contribution in [2.24, 2.45) is 11.7 Å². The van der Waals surface area contributed by atoms with Gasteiger partial charge in [-0.05, 0) is 43.5 Å². The largest absolute Gasteiger partial charge is 0.383 e. The second kappa shape index (κ2) is 8.87. The van der Waals surface area contributed by atoms with Crippen LogP contribution in [0.5, 0.6) is 0 Å². The lowest BCUT2D eigenvalue weighted by atomic mass is 9.85. The fraction of sp³-hybridized carbons (Fsp3) is 0.611. The molecule has 0 saturated heterocycles. The molecule has 1 fully saturated rings. The Morgan fingerprint density at radius 3 is 2.57 bits per heavy atom. The zero-order chi connectivity index (χ0) is 16.7. The van der Waals surface area contributed by atoms with E-state index in [1.54, 1.807) is 12.1 Å². The van der Waals surface area contributed by atoms with Gasteiger partial charge < -0.3 is 16.4 Å². The Kier molecular flexibility index (Phi) is 6.84. The van der Waals surface area contributed by atoms with Crippen molar-refractivity contribution in [3.63, 3.8) is 0 Å². The van der Waals surface area contributed by atoms with E-state index in [-0.39, 0.29) is 17.8 Å². The third kappa shape index (κ3) is 6.18. The van der Waals surface area contributed by atoms with Crippen LogP contribution in [-0.4, -0.2) is 24.5 Å². The fourth-order valence-corrected chi connectivity index (χ4v) is 3.13. The van der Waals surface area contributed by atoms with Gasteiger partial charge in [-0.1, -0.05) is 32.1 Å². The van der Waals surface area contributed by atoms with Crippen LogP contribution in [-0.2, 0) is 4.79 Å². The molecular formula is C18H28FN3O. The Bertz CT molecular complexity index is 486. The third-order valence-corrected chi connectivity index (χ3v) is 4.49. The Morgan fingerprint density at radius 1 is 1.26 bits per heavy atom. The second-order valence-electron chi connectivity index (χ2n) is 6.64. The molecule has 1 aromatic rings. The molecule has 1 aliphatic carbocycles. The number of amides is 1. The van der Waals surface area contributed by atoms with Crippen LogP contribution in [0.3, 0.4) is 0 Å². The van der Waals surface area contributed by atoms with Gasteiger partial charge in [0.05, 0.1) is 6.04 Å². The summed E-state index contributed by atoms with van der Waals surface area (Å²) in [5.41, 5.74) is 6.88. The molecule has 1 aromatic carbocycles. The zero-order valence-electron chi connectivity index (χ0n) is 13.9. The van der Waals surface area contributed by atoms with Crippen LogP contribution in [0.1, 0.15) is 45.4 Å². The number of hydrogen-bond donors (Lipinski definition) is 3. The van der Waals surface area contributed by atoms with E-state index in [0.29, 0.717) is 12.5 Å². The minimum absolute atomic E-state index is 0.0371. The molecule has 2 atom stereocenters. The average Bonchev–Trinajstić information content (AvgIpc) is 2.55. The lowest BCUT2D eigenvalue weighted by Gasteiger charge is -2.25. The third-order valence-electron chi connectivity index (χ3n) is 4.49. The number of benzene rings is 1. The number of anilines is 1. The molecule has 4 nitrogen and oxygen atoms in total. The quantitative estimate of drug-likeness (QED) is 0.723. The highest BCUT2D eigenvalue weighted by atomic mass is 19.1. The van der Waals surface area contributed by atoms with Gasteiger partial charge in [-0.15, -0.1) is 0 Å². The second-order valence-corrected chi connectivity index (χ2v) is 6.64. The SMILES string of the molecule is C[C@@H](CNc1ccc(F)cc1)NC(=O)[C@@H](N)CC1CCCCC1. The van der Waals surface area contributed by atoms with Gasteiger partial charge in [-0.3, -0.25) is 4.79 Å². The van der Waals surface area contributed by atoms with E-state index in [1.165, 1.54) is 44.2 Å². The van der Waals surface area contributed by atoms with Crippen molar-refractivity contribution in [2.45, 2.75) is 57.5 Å². The average molecular weight is 321 g/mol. The first-order valence-electron chi connectivity index (χ1n) is 8.60. The monoisotopic (exact) mass is 321 g/mol. The molecule has 0 spiro atoms. The van der Waals surface area contributed by atoms with Crippen LogP contribution in [0.4, 0.5) is 10.1 Å². The lowest BCUT2D eigenvalue weighted by molar-refractivity contribution is -0.123. The summed E-state index contributed by atoms with van der Waals surface area (Å²) in [5, 5.41) is 6.13. The summed E-state index contributed by atoms with van der Waals surface area (Å²) in [7, 11) is 0. The maximum absolute atomic E-state index is 12.8. The lowest BCUT2D eigenvalue weighted by Crippen LogP contribution is -2.47. The predicted molar refractivity (Wildman–Crippen MR) is 91.7 cm³/mol. The Labute approximate surface area is 138 Å². The zero-order valence-corrected chi connectivity index (χ0v) is 13.9. The summed E-state index contributed by atoms with van der Waals surface area (Å²) >= 11 is 0. The number of nitrogens with one attached hydrogen (secondary N) is 2. The molecule has 1 aliphatic rings. The molecular weight excluding hydrogens is 293 g/mol. The summed E-state index contributed by atoms with van der Waals surface area (Å²) in [5.74, 6) is 0.256. The van der Waals surface area contributed by atoms with Crippen molar-refractivity contribution in [1.82, 2.24) is 5.32 Å². The molecule has 0 aromatic heterocycles. The van der Waals surface area contributed by atoms with Gasteiger partial charge in [0, 0.05) is 18.3 Å². The first kappa shape index (κ1) is 17.7. The van der Waals surface area contributed by atoms with Crippen LogP contribution in [0.25, 0.3) is 0 Å². The van der Waals surface area contributed by atoms with Gasteiger partial charge in [0.2, 0.25) is 5.91 Å². The van der Waals surface area contributed by atoms with Gasteiger partial charge in [0.1, 0.15) is 5.82 Å². The Morgan fingerprint density at radius 2 is 1.91 bits per heavy atom. The number of hydrogen-bond acceptors (Lipinski definition) is 3. The fourth-order valence-electron chi connectivity index (χ4n) is 3.13. The summed E-state index contributed by atoms with van der Waals surface area (Å²) < 4.78 is 12.8. The molecule has 0 aliphatic heterocycles. The highest BCUT2D eigenvalue weighted by Crippen LogP contribution is 2.26. The highest BCUT2D eigenvalue weighted by molar-refractivity contribution is 5.81. The molecule has 0 radical (unpaired) electrons. The molecule has 2 rings (SSSR count). The number of carbonyl (C=O) groups is 1. The molecule has 4 N–H and O–H groups in total. The van der Waals surface area contributed by atoms with Gasteiger partial charge in [0.15, 0.2) is 0 Å². The van der Waals surface area contributed by atoms with Crippen LogP contribution >= 0.6 is 0 Å². The van der Waals surface area contributed by atoms with E-state index in [1.807, 2.05) is 6.92 Å². The Balaban J connectivity index is 1.69. The van der Waals surface area contributed by atoms with Gasteiger partial charge in [-0.25, -0.2) is 4.39 Å². The van der Waals surface area contributed by atoms with Crippen molar-refractivity contribution in [1.29, 1.82) is 0 Å². The van der Waals surface area contributed by atoms with Crippen molar-refractivity contribution < 1.29 is 9.18 Å². The molecule has 1 amide bonds. The van der Waals surface area contributed by atoms with E-state index in [9.17, 15) is 9.18 Å². The minimum atomic E-state index is -0.425. The summed E-state index contributed by atoms with van der Waals surface area (Å²) in [6, 6.07) is 5.71. The van der Waals surface area contributed by atoms with Crippen LogP contribution in [0, 0.1) is 11.7 Å². The van der Waals surface area contributed by atoms with Crippen LogP contribution in [0.15, 0.2) is 24.3 Å². The maximum atomic E-state index is 12.8. The highest BCUT2D eigenvalue weighted by Gasteiger charge is 2.22. The normalized spacial score (nSPS) is 18.2. The minimum Gasteiger partial charge on any atom is -0.383 e. The number of carbonyl (C=O) groups excluding carboxylic acids is 1. The van der Waals surface area contributed by atoms with Crippen LogP contribution < -0.4 is 16.4 Å². The Hall–Kier alpha value is -1.62. The van der Waals surface area contributed by atoms with E-state index in [0.717, 1.165) is 12.1 Å². The van der Waals surface area contributed by atoms with Crippen molar-refractivity contribution in [3.05, 3.63) is 30.1 Å².